The van der Waals surface area contributed by atoms with Gasteiger partial charge in [-0.15, -0.1) is 23.1 Å². The van der Waals surface area contributed by atoms with E-state index in [1.54, 1.807) is 17.2 Å². The molecule has 0 atom stereocenters. The summed E-state index contributed by atoms with van der Waals surface area (Å²) in [5, 5.41) is 4.87. The van der Waals surface area contributed by atoms with Gasteiger partial charge in [-0.3, -0.25) is 14.4 Å². The first-order valence-corrected chi connectivity index (χ1v) is 10.4. The Morgan fingerprint density at radius 3 is 2.96 bits per heavy atom. The molecule has 2 aromatic rings. The number of ether oxygens (including phenoxy) is 1. The number of amides is 2. The van der Waals surface area contributed by atoms with E-state index in [2.05, 4.69) is 10.3 Å². The van der Waals surface area contributed by atoms with Crippen molar-refractivity contribution in [1.82, 2.24) is 4.98 Å². The average molecular weight is 406 g/mol. The summed E-state index contributed by atoms with van der Waals surface area (Å²) >= 11 is 2.76. The fraction of sp³-hybridized carbons (Fsp3) is 0.333. The third kappa shape index (κ3) is 5.08. The van der Waals surface area contributed by atoms with Crippen molar-refractivity contribution >= 4 is 51.7 Å². The predicted octanol–water partition coefficient (Wildman–Crippen LogP) is 2.72. The van der Waals surface area contributed by atoms with Gasteiger partial charge in [0.15, 0.2) is 5.13 Å². The van der Waals surface area contributed by atoms with E-state index in [4.69, 9.17) is 4.74 Å². The molecule has 0 saturated carbocycles. The van der Waals surface area contributed by atoms with Crippen LogP contribution in [0.1, 0.15) is 19.0 Å². The minimum atomic E-state index is -0.346. The molecule has 2 amide bonds. The Bertz CT molecular complexity index is 853. The van der Waals surface area contributed by atoms with E-state index in [1.807, 2.05) is 24.3 Å². The van der Waals surface area contributed by atoms with Crippen molar-refractivity contribution in [3.8, 4) is 0 Å². The highest BCUT2D eigenvalue weighted by molar-refractivity contribution is 8.00. The molecule has 0 aliphatic carbocycles. The maximum absolute atomic E-state index is 12.2. The Morgan fingerprint density at radius 2 is 2.15 bits per heavy atom. The van der Waals surface area contributed by atoms with Crippen molar-refractivity contribution in [3.05, 3.63) is 35.3 Å². The maximum atomic E-state index is 12.2. The predicted molar refractivity (Wildman–Crippen MR) is 105 cm³/mol. The Labute approximate surface area is 165 Å². The normalized spacial score (nSPS) is 13.2. The van der Waals surface area contributed by atoms with Crippen molar-refractivity contribution in [2.75, 3.05) is 29.1 Å². The number of nitrogens with zero attached hydrogens (tertiary/aromatic N) is 2. The number of hydrogen-bond donors (Lipinski definition) is 1. The van der Waals surface area contributed by atoms with Gasteiger partial charge in [-0.25, -0.2) is 4.98 Å². The molecule has 0 bridgehead atoms. The molecule has 0 spiro atoms. The number of para-hydroxylation sites is 1. The third-order valence-corrected chi connectivity index (χ3v) is 5.65. The standard InChI is InChI=1S/C18H19N3O4S2/c1-2-25-17(24)9-12-10-27-18(19-12)20-15(22)7-8-21-13-5-3-4-6-14(13)26-11-16(21)23/h3-6,10H,2,7-9,11H2,1H3,(H,19,20,22). The zero-order valence-corrected chi connectivity index (χ0v) is 16.4. The van der Waals surface area contributed by atoms with Gasteiger partial charge in [0, 0.05) is 23.2 Å². The maximum Gasteiger partial charge on any atom is 0.311 e. The second kappa shape index (κ2) is 9.01. The van der Waals surface area contributed by atoms with Crippen LogP contribution in [-0.4, -0.2) is 41.7 Å². The summed E-state index contributed by atoms with van der Waals surface area (Å²) in [5.41, 5.74) is 1.41. The molecule has 9 heteroatoms. The van der Waals surface area contributed by atoms with Crippen LogP contribution in [0.15, 0.2) is 34.5 Å². The molecule has 1 aromatic heterocycles. The van der Waals surface area contributed by atoms with Crippen molar-refractivity contribution < 1.29 is 19.1 Å². The summed E-state index contributed by atoms with van der Waals surface area (Å²) < 4.78 is 4.88. The van der Waals surface area contributed by atoms with Crippen molar-refractivity contribution in [3.63, 3.8) is 0 Å². The lowest BCUT2D eigenvalue weighted by molar-refractivity contribution is -0.142. The van der Waals surface area contributed by atoms with Crippen LogP contribution in [0, 0.1) is 0 Å². The highest BCUT2D eigenvalue weighted by Gasteiger charge is 2.24. The molecule has 3 rings (SSSR count). The lowest BCUT2D eigenvalue weighted by Gasteiger charge is -2.28. The highest BCUT2D eigenvalue weighted by Crippen LogP contribution is 2.34. The Hall–Kier alpha value is -2.39. The molecule has 1 aliphatic rings. The fourth-order valence-corrected chi connectivity index (χ4v) is 4.26. The molecule has 1 aromatic carbocycles. The van der Waals surface area contributed by atoms with Gasteiger partial charge in [-0.1, -0.05) is 12.1 Å². The van der Waals surface area contributed by atoms with Gasteiger partial charge in [0.2, 0.25) is 11.8 Å². The van der Waals surface area contributed by atoms with Gasteiger partial charge < -0.3 is 15.0 Å². The summed E-state index contributed by atoms with van der Waals surface area (Å²) in [7, 11) is 0. The van der Waals surface area contributed by atoms with E-state index in [9.17, 15) is 14.4 Å². The van der Waals surface area contributed by atoms with Gasteiger partial charge in [0.05, 0.1) is 30.2 Å². The van der Waals surface area contributed by atoms with Crippen LogP contribution in [0.4, 0.5) is 10.8 Å². The number of thioether (sulfide) groups is 1. The Balaban J connectivity index is 1.54. The van der Waals surface area contributed by atoms with Crippen LogP contribution in [0.5, 0.6) is 0 Å². The largest absolute Gasteiger partial charge is 0.466 e. The molecule has 1 N–H and O–H groups in total. The first-order chi connectivity index (χ1) is 13.1. The number of carbonyl (C=O) groups excluding carboxylic acids is 3. The van der Waals surface area contributed by atoms with Crippen LogP contribution in [0.3, 0.4) is 0 Å². The molecule has 142 valence electrons. The number of hydrogen-bond acceptors (Lipinski definition) is 7. The monoisotopic (exact) mass is 405 g/mol. The smallest absolute Gasteiger partial charge is 0.311 e. The van der Waals surface area contributed by atoms with Crippen LogP contribution >= 0.6 is 23.1 Å². The van der Waals surface area contributed by atoms with Gasteiger partial charge in [0.25, 0.3) is 0 Å². The summed E-state index contributed by atoms with van der Waals surface area (Å²) in [6.45, 7) is 2.38. The van der Waals surface area contributed by atoms with E-state index in [0.717, 1.165) is 10.6 Å². The lowest BCUT2D eigenvalue weighted by Crippen LogP contribution is -2.37. The first-order valence-electron chi connectivity index (χ1n) is 8.49. The number of thiazole rings is 1. The van der Waals surface area contributed by atoms with Gasteiger partial charge in [-0.2, -0.15) is 0 Å². The van der Waals surface area contributed by atoms with Crippen molar-refractivity contribution in [2.24, 2.45) is 0 Å². The number of carbonyl (C=O) groups is 3. The molecule has 0 radical (unpaired) electrons. The van der Waals surface area contributed by atoms with Crippen LogP contribution in [-0.2, 0) is 25.5 Å². The third-order valence-electron chi connectivity index (χ3n) is 3.80. The van der Waals surface area contributed by atoms with Crippen LogP contribution in [0.25, 0.3) is 0 Å². The van der Waals surface area contributed by atoms with Crippen molar-refractivity contribution in [2.45, 2.75) is 24.7 Å². The Morgan fingerprint density at radius 1 is 1.33 bits per heavy atom. The zero-order valence-electron chi connectivity index (χ0n) is 14.8. The second-order valence-electron chi connectivity index (χ2n) is 5.73. The SMILES string of the molecule is CCOC(=O)Cc1csc(NC(=O)CCN2C(=O)CSc3ccccc32)n1. The van der Waals surface area contributed by atoms with E-state index in [1.165, 1.54) is 23.1 Å². The number of esters is 1. The molecular formula is C18H19N3O4S2. The molecule has 0 saturated heterocycles. The summed E-state index contributed by atoms with van der Waals surface area (Å²) in [6.07, 6.45) is 0.245. The number of aromatic nitrogens is 1. The molecule has 1 aliphatic heterocycles. The van der Waals surface area contributed by atoms with E-state index in [-0.39, 0.29) is 30.6 Å². The lowest BCUT2D eigenvalue weighted by atomic mass is 10.2. The van der Waals surface area contributed by atoms with E-state index < -0.39 is 0 Å². The number of nitrogens with one attached hydrogen (secondary N) is 1. The molecule has 0 fully saturated rings. The average Bonchev–Trinajstić information content (AvgIpc) is 3.07. The van der Waals surface area contributed by atoms with E-state index >= 15 is 0 Å². The molecule has 2 heterocycles. The van der Waals surface area contributed by atoms with Gasteiger partial charge in [0.1, 0.15) is 0 Å². The number of fused-ring (bicyclic) bond motifs is 1. The molecule has 27 heavy (non-hydrogen) atoms. The van der Waals surface area contributed by atoms with Crippen LogP contribution < -0.4 is 10.2 Å². The van der Waals surface area contributed by atoms with Crippen molar-refractivity contribution in [1.29, 1.82) is 0 Å². The van der Waals surface area contributed by atoms with Gasteiger partial charge >= 0.3 is 5.97 Å². The fourth-order valence-electron chi connectivity index (χ4n) is 2.60. The minimum Gasteiger partial charge on any atom is -0.466 e. The highest BCUT2D eigenvalue weighted by atomic mass is 32.2. The zero-order chi connectivity index (χ0) is 19.2. The molecular weight excluding hydrogens is 386 g/mol. The number of anilines is 2. The summed E-state index contributed by atoms with van der Waals surface area (Å²) in [4.78, 5) is 42.8. The van der Waals surface area contributed by atoms with Crippen LogP contribution in [0.2, 0.25) is 0 Å². The number of benzene rings is 1. The van der Waals surface area contributed by atoms with E-state index in [0.29, 0.717) is 29.7 Å². The second-order valence-corrected chi connectivity index (χ2v) is 7.60. The summed E-state index contributed by atoms with van der Waals surface area (Å²) in [5.74, 6) is -0.198. The Kier molecular flexibility index (Phi) is 6.46. The molecule has 7 nitrogen and oxygen atoms in total. The molecule has 0 unspecified atom stereocenters. The summed E-state index contributed by atoms with van der Waals surface area (Å²) in [6, 6.07) is 7.68. The quantitative estimate of drug-likeness (QED) is 0.713. The first kappa shape index (κ1) is 19.4. The minimum absolute atomic E-state index is 0.00234. The topological polar surface area (TPSA) is 88.6 Å². The number of rotatable bonds is 7. The van der Waals surface area contributed by atoms with Gasteiger partial charge in [-0.05, 0) is 19.1 Å².